The highest BCUT2D eigenvalue weighted by atomic mass is 35.5. The fourth-order valence-corrected chi connectivity index (χ4v) is 2.29. The highest BCUT2D eigenvalue weighted by Crippen LogP contribution is 2.26. The molecule has 0 amide bonds. The Hall–Kier alpha value is -1.00. The van der Waals surface area contributed by atoms with Crippen molar-refractivity contribution < 1.29 is 5.11 Å². The van der Waals surface area contributed by atoms with Gasteiger partial charge in [0.2, 0.25) is 0 Å². The molecule has 0 aromatic carbocycles. The van der Waals surface area contributed by atoms with Crippen molar-refractivity contribution in [2.75, 3.05) is 23.7 Å². The van der Waals surface area contributed by atoms with Crippen LogP contribution in [0.1, 0.15) is 19.8 Å². The third-order valence-electron chi connectivity index (χ3n) is 2.80. The Balaban J connectivity index is 2.23. The summed E-state index contributed by atoms with van der Waals surface area (Å²) in [6.45, 7) is 3.29. The first-order chi connectivity index (χ1) is 7.46. The molecule has 0 spiro atoms. The van der Waals surface area contributed by atoms with E-state index in [1.807, 2.05) is 11.8 Å². The van der Waals surface area contributed by atoms with Crippen LogP contribution in [0, 0.1) is 0 Å². The predicted molar refractivity (Wildman–Crippen MR) is 65.7 cm³/mol. The van der Waals surface area contributed by atoms with Crippen molar-refractivity contribution in [3.8, 4) is 0 Å². The molecular formula is C11H16ClN3O. The summed E-state index contributed by atoms with van der Waals surface area (Å²) in [4.78, 5) is 6.24. The van der Waals surface area contributed by atoms with Crippen LogP contribution in [0.2, 0.25) is 5.15 Å². The number of aliphatic hydroxyl groups is 1. The number of β-amino-alcohol motifs (C(OH)–C–C–N with tert-alkyl or cyclic N) is 1. The number of hydrogen-bond donors (Lipinski definition) is 2. The van der Waals surface area contributed by atoms with Gasteiger partial charge in [0.25, 0.3) is 0 Å². The Morgan fingerprint density at radius 1 is 1.56 bits per heavy atom. The molecule has 88 valence electrons. The molecule has 1 atom stereocenters. The lowest BCUT2D eigenvalue weighted by atomic mass is 9.95. The number of nitrogens with two attached hydrogens (primary N) is 1. The number of aromatic nitrogens is 1. The molecule has 0 radical (unpaired) electrons. The lowest BCUT2D eigenvalue weighted by Crippen LogP contribution is -2.46. The molecule has 1 fully saturated rings. The van der Waals surface area contributed by atoms with E-state index in [1.54, 1.807) is 12.1 Å². The molecule has 4 nitrogen and oxygen atoms in total. The van der Waals surface area contributed by atoms with Crippen LogP contribution in [0.3, 0.4) is 0 Å². The fourth-order valence-electron chi connectivity index (χ4n) is 2.08. The number of nitrogens with zero attached hydrogens (tertiary/aromatic N) is 2. The minimum Gasteiger partial charge on any atom is -0.399 e. The van der Waals surface area contributed by atoms with Crippen LogP contribution < -0.4 is 10.6 Å². The van der Waals surface area contributed by atoms with E-state index in [-0.39, 0.29) is 0 Å². The molecule has 1 aromatic heterocycles. The first kappa shape index (κ1) is 11.5. The van der Waals surface area contributed by atoms with Gasteiger partial charge in [0.1, 0.15) is 11.0 Å². The molecule has 1 saturated heterocycles. The van der Waals surface area contributed by atoms with Crippen LogP contribution in [0.25, 0.3) is 0 Å². The van der Waals surface area contributed by atoms with E-state index < -0.39 is 5.60 Å². The number of anilines is 2. The van der Waals surface area contributed by atoms with Gasteiger partial charge < -0.3 is 15.7 Å². The quantitative estimate of drug-likeness (QED) is 0.735. The van der Waals surface area contributed by atoms with E-state index in [1.165, 1.54) is 0 Å². The fraction of sp³-hybridized carbons (Fsp3) is 0.545. The molecule has 1 aromatic rings. The lowest BCUT2D eigenvalue weighted by Gasteiger charge is -2.37. The van der Waals surface area contributed by atoms with Gasteiger partial charge in [-0.15, -0.1) is 0 Å². The van der Waals surface area contributed by atoms with Crippen LogP contribution in [0.5, 0.6) is 0 Å². The maximum atomic E-state index is 10.0. The van der Waals surface area contributed by atoms with Crippen molar-refractivity contribution >= 4 is 23.1 Å². The Morgan fingerprint density at radius 2 is 2.31 bits per heavy atom. The second kappa shape index (κ2) is 4.11. The van der Waals surface area contributed by atoms with Gasteiger partial charge in [-0.1, -0.05) is 11.6 Å². The molecular weight excluding hydrogens is 226 g/mol. The summed E-state index contributed by atoms with van der Waals surface area (Å²) in [7, 11) is 0. The summed E-state index contributed by atoms with van der Waals surface area (Å²) < 4.78 is 0. The Bertz CT molecular complexity index is 375. The van der Waals surface area contributed by atoms with Gasteiger partial charge in [0, 0.05) is 24.8 Å². The molecule has 0 aliphatic carbocycles. The second-order valence-electron chi connectivity index (χ2n) is 4.60. The number of pyridine rings is 1. The minimum absolute atomic E-state index is 0.389. The standard InChI is InChI=1S/C11H16ClN3O/c1-11(16)3-2-4-15(7-11)10-6-8(13)5-9(12)14-10/h5-6,16H,2-4,7H2,1H3,(H2,13,14). The molecule has 3 N–H and O–H groups in total. The maximum Gasteiger partial charge on any atom is 0.133 e. The summed E-state index contributed by atoms with van der Waals surface area (Å²) in [5.74, 6) is 0.741. The molecule has 1 aliphatic heterocycles. The number of nitrogen functional groups attached to an aromatic ring is 1. The zero-order chi connectivity index (χ0) is 11.8. The van der Waals surface area contributed by atoms with Crippen LogP contribution in [0.15, 0.2) is 12.1 Å². The average Bonchev–Trinajstić information content (AvgIpc) is 2.14. The molecule has 2 rings (SSSR count). The van der Waals surface area contributed by atoms with E-state index in [4.69, 9.17) is 17.3 Å². The average molecular weight is 242 g/mol. The van der Waals surface area contributed by atoms with Crippen molar-refractivity contribution in [2.45, 2.75) is 25.4 Å². The van der Waals surface area contributed by atoms with E-state index >= 15 is 0 Å². The first-order valence-electron chi connectivity index (χ1n) is 5.37. The van der Waals surface area contributed by atoms with Crippen LogP contribution in [-0.4, -0.2) is 28.8 Å². The van der Waals surface area contributed by atoms with Crippen LogP contribution in [-0.2, 0) is 0 Å². The largest absolute Gasteiger partial charge is 0.399 e. The Morgan fingerprint density at radius 3 is 2.94 bits per heavy atom. The van der Waals surface area contributed by atoms with Gasteiger partial charge in [0.05, 0.1) is 5.60 Å². The second-order valence-corrected chi connectivity index (χ2v) is 4.99. The number of hydrogen-bond acceptors (Lipinski definition) is 4. The molecule has 2 heterocycles. The molecule has 16 heavy (non-hydrogen) atoms. The van der Waals surface area contributed by atoms with E-state index in [0.717, 1.165) is 25.2 Å². The van der Waals surface area contributed by atoms with Gasteiger partial charge in [-0.3, -0.25) is 0 Å². The van der Waals surface area contributed by atoms with Gasteiger partial charge >= 0.3 is 0 Å². The normalized spacial score (nSPS) is 25.8. The molecule has 1 aliphatic rings. The molecule has 5 heteroatoms. The highest BCUT2D eigenvalue weighted by Gasteiger charge is 2.29. The SMILES string of the molecule is CC1(O)CCCN(c2cc(N)cc(Cl)n2)C1. The van der Waals surface area contributed by atoms with Gasteiger partial charge in [-0.25, -0.2) is 4.98 Å². The van der Waals surface area contributed by atoms with Crippen molar-refractivity contribution in [2.24, 2.45) is 0 Å². The van der Waals surface area contributed by atoms with E-state index in [2.05, 4.69) is 4.98 Å². The first-order valence-corrected chi connectivity index (χ1v) is 5.74. The third-order valence-corrected chi connectivity index (χ3v) is 3.00. The third kappa shape index (κ3) is 2.57. The van der Waals surface area contributed by atoms with Crippen molar-refractivity contribution in [1.29, 1.82) is 0 Å². The van der Waals surface area contributed by atoms with Crippen molar-refractivity contribution in [1.82, 2.24) is 4.98 Å². The Labute approximate surface area is 100 Å². The molecule has 1 unspecified atom stereocenters. The van der Waals surface area contributed by atoms with Crippen LogP contribution >= 0.6 is 11.6 Å². The monoisotopic (exact) mass is 241 g/mol. The minimum atomic E-state index is -0.656. The van der Waals surface area contributed by atoms with Gasteiger partial charge in [-0.05, 0) is 25.8 Å². The number of rotatable bonds is 1. The topological polar surface area (TPSA) is 62.4 Å². The predicted octanol–water partition coefficient (Wildman–Crippen LogP) is 1.67. The van der Waals surface area contributed by atoms with Crippen molar-refractivity contribution in [3.05, 3.63) is 17.3 Å². The van der Waals surface area contributed by atoms with E-state index in [0.29, 0.717) is 17.4 Å². The zero-order valence-electron chi connectivity index (χ0n) is 9.28. The number of halogens is 1. The smallest absolute Gasteiger partial charge is 0.133 e. The summed E-state index contributed by atoms with van der Waals surface area (Å²) in [5, 5.41) is 10.4. The maximum absolute atomic E-state index is 10.0. The summed E-state index contributed by atoms with van der Waals surface area (Å²) in [6.07, 6.45) is 1.76. The van der Waals surface area contributed by atoms with E-state index in [9.17, 15) is 5.11 Å². The number of piperidine rings is 1. The van der Waals surface area contributed by atoms with Crippen molar-refractivity contribution in [3.63, 3.8) is 0 Å². The van der Waals surface area contributed by atoms with Gasteiger partial charge in [-0.2, -0.15) is 0 Å². The summed E-state index contributed by atoms with van der Waals surface area (Å²) in [6, 6.07) is 3.40. The van der Waals surface area contributed by atoms with Crippen LogP contribution in [0.4, 0.5) is 11.5 Å². The summed E-state index contributed by atoms with van der Waals surface area (Å²) >= 11 is 5.86. The highest BCUT2D eigenvalue weighted by molar-refractivity contribution is 6.29. The Kier molecular flexibility index (Phi) is 2.95. The molecule has 0 bridgehead atoms. The lowest BCUT2D eigenvalue weighted by molar-refractivity contribution is 0.0447. The summed E-state index contributed by atoms with van der Waals surface area (Å²) in [5.41, 5.74) is 5.66. The zero-order valence-corrected chi connectivity index (χ0v) is 10.0. The molecule has 0 saturated carbocycles. The van der Waals surface area contributed by atoms with Gasteiger partial charge in [0.15, 0.2) is 0 Å².